The summed E-state index contributed by atoms with van der Waals surface area (Å²) in [5.41, 5.74) is 7.46. The van der Waals surface area contributed by atoms with E-state index in [0.29, 0.717) is 16.8 Å². The summed E-state index contributed by atoms with van der Waals surface area (Å²) in [5.74, 6) is -0.169. The van der Waals surface area contributed by atoms with Gasteiger partial charge in [-0.15, -0.1) is 0 Å². The van der Waals surface area contributed by atoms with E-state index < -0.39 is 0 Å². The van der Waals surface area contributed by atoms with Crippen LogP contribution in [-0.4, -0.2) is 21.3 Å². The number of carbonyl (C=O) groups excluding carboxylic acids is 1. The van der Waals surface area contributed by atoms with E-state index in [9.17, 15) is 9.90 Å². The number of aromatic nitrogens is 1. The molecule has 0 radical (unpaired) electrons. The number of para-hydroxylation sites is 1. The Morgan fingerprint density at radius 1 is 0.962 bits per heavy atom. The number of nitrogens with one attached hydrogen (secondary N) is 1. The van der Waals surface area contributed by atoms with Gasteiger partial charge in [0.25, 0.3) is 5.91 Å². The van der Waals surface area contributed by atoms with Crippen LogP contribution < -0.4 is 5.43 Å². The summed E-state index contributed by atoms with van der Waals surface area (Å²) in [7, 11) is 0. The van der Waals surface area contributed by atoms with E-state index in [1.807, 2.05) is 26.0 Å². The lowest BCUT2D eigenvalue weighted by molar-refractivity contribution is 0.0955. The highest BCUT2D eigenvalue weighted by Crippen LogP contribution is 2.18. The fourth-order valence-electron chi connectivity index (χ4n) is 2.88. The van der Waals surface area contributed by atoms with E-state index in [0.717, 1.165) is 17.1 Å². The number of hydrazone groups is 1. The molecule has 3 aromatic rings. The van der Waals surface area contributed by atoms with Crippen molar-refractivity contribution >= 4 is 11.6 Å². The van der Waals surface area contributed by atoms with E-state index in [2.05, 4.69) is 27.2 Å². The van der Waals surface area contributed by atoms with Gasteiger partial charge in [0.05, 0.1) is 5.71 Å². The van der Waals surface area contributed by atoms with Gasteiger partial charge < -0.3 is 9.67 Å². The Hall–Kier alpha value is -3.34. The summed E-state index contributed by atoms with van der Waals surface area (Å²) in [6.07, 6.45) is 0. The lowest BCUT2D eigenvalue weighted by Gasteiger charge is -2.10. The van der Waals surface area contributed by atoms with Gasteiger partial charge in [0.15, 0.2) is 0 Å². The Kier molecular flexibility index (Phi) is 4.89. The topological polar surface area (TPSA) is 66.6 Å². The van der Waals surface area contributed by atoms with E-state index >= 15 is 0 Å². The fraction of sp³-hybridized carbons (Fsp3) is 0.143. The monoisotopic (exact) mass is 347 g/mol. The first-order chi connectivity index (χ1) is 12.5. The normalized spacial score (nSPS) is 11.4. The van der Waals surface area contributed by atoms with Gasteiger partial charge in [-0.1, -0.05) is 12.1 Å². The average molecular weight is 347 g/mol. The predicted octanol–water partition coefficient (Wildman–Crippen LogP) is 3.95. The maximum atomic E-state index is 12.3. The van der Waals surface area contributed by atoms with E-state index in [1.165, 1.54) is 0 Å². The number of amides is 1. The van der Waals surface area contributed by atoms with Crippen LogP contribution in [0.4, 0.5) is 0 Å². The maximum Gasteiger partial charge on any atom is 0.271 e. The number of phenols is 1. The molecule has 0 bridgehead atoms. The highest BCUT2D eigenvalue weighted by atomic mass is 16.3. The minimum absolute atomic E-state index is 0.129. The standard InChI is InChI=1S/C21H21N3O2/c1-14-8-9-15(2)24(14)18-12-10-17(11-13-18)21(26)23-22-16(3)19-6-4-5-7-20(19)25/h4-13,25H,1-3H3,(H,23,26)/b22-16+. The van der Waals surface area contributed by atoms with E-state index in [1.54, 1.807) is 43.3 Å². The third-order valence-electron chi connectivity index (χ3n) is 4.28. The second kappa shape index (κ2) is 7.27. The van der Waals surface area contributed by atoms with Crippen LogP contribution in [0.1, 0.15) is 34.2 Å². The van der Waals surface area contributed by atoms with Gasteiger partial charge in [-0.2, -0.15) is 5.10 Å². The smallest absolute Gasteiger partial charge is 0.271 e. The molecule has 0 fully saturated rings. The molecule has 3 rings (SSSR count). The molecule has 0 spiro atoms. The highest BCUT2D eigenvalue weighted by Gasteiger charge is 2.08. The van der Waals surface area contributed by atoms with Crippen LogP contribution in [0.15, 0.2) is 65.8 Å². The van der Waals surface area contributed by atoms with Crippen molar-refractivity contribution < 1.29 is 9.90 Å². The second-order valence-electron chi connectivity index (χ2n) is 6.15. The molecule has 0 saturated carbocycles. The quantitative estimate of drug-likeness (QED) is 0.554. The zero-order chi connectivity index (χ0) is 18.7. The van der Waals surface area contributed by atoms with Crippen molar-refractivity contribution in [2.24, 2.45) is 5.10 Å². The maximum absolute atomic E-state index is 12.3. The van der Waals surface area contributed by atoms with Crippen molar-refractivity contribution in [2.75, 3.05) is 0 Å². The van der Waals surface area contributed by atoms with Crippen molar-refractivity contribution in [3.05, 3.63) is 83.2 Å². The van der Waals surface area contributed by atoms with Crippen LogP contribution in [0.25, 0.3) is 5.69 Å². The molecular formula is C21H21N3O2. The summed E-state index contributed by atoms with van der Waals surface area (Å²) in [5, 5.41) is 13.9. The summed E-state index contributed by atoms with van der Waals surface area (Å²) >= 11 is 0. The minimum Gasteiger partial charge on any atom is -0.507 e. The van der Waals surface area contributed by atoms with E-state index in [-0.39, 0.29) is 11.7 Å². The average Bonchev–Trinajstić information content (AvgIpc) is 2.98. The molecule has 1 heterocycles. The van der Waals surface area contributed by atoms with Crippen LogP contribution in [-0.2, 0) is 0 Å². The number of hydrogen-bond donors (Lipinski definition) is 2. The molecular weight excluding hydrogens is 326 g/mol. The Bertz CT molecular complexity index is 950. The summed E-state index contributed by atoms with van der Waals surface area (Å²) in [6, 6.07) is 18.4. The number of hydrogen-bond acceptors (Lipinski definition) is 3. The molecule has 5 nitrogen and oxygen atoms in total. The van der Waals surface area contributed by atoms with Gasteiger partial charge in [-0.25, -0.2) is 5.43 Å². The number of benzene rings is 2. The lowest BCUT2D eigenvalue weighted by Crippen LogP contribution is -2.19. The Morgan fingerprint density at radius 2 is 1.58 bits per heavy atom. The Balaban J connectivity index is 1.75. The van der Waals surface area contributed by atoms with Gasteiger partial charge in [0, 0.05) is 28.2 Å². The fourth-order valence-corrected chi connectivity index (χ4v) is 2.88. The predicted molar refractivity (Wildman–Crippen MR) is 103 cm³/mol. The molecule has 1 amide bonds. The minimum atomic E-state index is -0.299. The number of rotatable bonds is 4. The number of aryl methyl sites for hydroxylation is 2. The van der Waals surface area contributed by atoms with Crippen LogP contribution in [0.2, 0.25) is 0 Å². The number of carbonyl (C=O) groups is 1. The molecule has 0 saturated heterocycles. The molecule has 26 heavy (non-hydrogen) atoms. The summed E-state index contributed by atoms with van der Waals surface area (Å²) in [6.45, 7) is 5.82. The van der Waals surface area contributed by atoms with Crippen LogP contribution >= 0.6 is 0 Å². The zero-order valence-electron chi connectivity index (χ0n) is 15.0. The van der Waals surface area contributed by atoms with Crippen molar-refractivity contribution in [2.45, 2.75) is 20.8 Å². The van der Waals surface area contributed by atoms with E-state index in [4.69, 9.17) is 0 Å². The van der Waals surface area contributed by atoms with Gasteiger partial charge in [0.2, 0.25) is 0 Å². The summed E-state index contributed by atoms with van der Waals surface area (Å²) < 4.78 is 2.13. The van der Waals surface area contributed by atoms with Gasteiger partial charge in [0.1, 0.15) is 5.75 Å². The van der Waals surface area contributed by atoms with Crippen LogP contribution in [0.5, 0.6) is 5.75 Å². The third kappa shape index (κ3) is 3.52. The molecule has 0 aliphatic rings. The lowest BCUT2D eigenvalue weighted by atomic mass is 10.1. The van der Waals surface area contributed by atoms with Crippen LogP contribution in [0.3, 0.4) is 0 Å². The molecule has 5 heteroatoms. The molecule has 0 atom stereocenters. The molecule has 132 valence electrons. The molecule has 2 aromatic carbocycles. The third-order valence-corrected chi connectivity index (χ3v) is 4.28. The van der Waals surface area contributed by atoms with Crippen molar-refractivity contribution in [1.82, 2.24) is 9.99 Å². The molecule has 1 aromatic heterocycles. The SMILES string of the molecule is C/C(=N\NC(=O)c1ccc(-n2c(C)ccc2C)cc1)c1ccccc1O. The number of nitrogens with zero attached hydrogens (tertiary/aromatic N) is 2. The van der Waals surface area contributed by atoms with Gasteiger partial charge in [-0.3, -0.25) is 4.79 Å². The molecule has 0 unspecified atom stereocenters. The zero-order valence-corrected chi connectivity index (χ0v) is 15.0. The number of phenolic OH excluding ortho intramolecular Hbond substituents is 1. The Morgan fingerprint density at radius 3 is 2.19 bits per heavy atom. The second-order valence-corrected chi connectivity index (χ2v) is 6.15. The Labute approximate surface area is 152 Å². The highest BCUT2D eigenvalue weighted by molar-refractivity contribution is 6.02. The first-order valence-corrected chi connectivity index (χ1v) is 8.36. The van der Waals surface area contributed by atoms with Crippen LogP contribution in [0, 0.1) is 13.8 Å². The molecule has 0 aliphatic carbocycles. The number of aromatic hydroxyl groups is 1. The first-order valence-electron chi connectivity index (χ1n) is 8.36. The van der Waals surface area contributed by atoms with Gasteiger partial charge in [-0.05, 0) is 69.3 Å². The largest absolute Gasteiger partial charge is 0.507 e. The molecule has 2 N–H and O–H groups in total. The van der Waals surface area contributed by atoms with Crippen molar-refractivity contribution in [1.29, 1.82) is 0 Å². The first kappa shape index (κ1) is 17.5. The van der Waals surface area contributed by atoms with Gasteiger partial charge >= 0.3 is 0 Å². The van der Waals surface area contributed by atoms with Crippen molar-refractivity contribution in [3.63, 3.8) is 0 Å². The van der Waals surface area contributed by atoms with Crippen molar-refractivity contribution in [3.8, 4) is 11.4 Å². The summed E-state index contributed by atoms with van der Waals surface area (Å²) in [4.78, 5) is 12.3. The molecule has 0 aliphatic heterocycles.